The minimum atomic E-state index is -0.582. The summed E-state index contributed by atoms with van der Waals surface area (Å²) in [6.07, 6.45) is 2.02. The third-order valence-corrected chi connectivity index (χ3v) is 3.62. The van der Waals surface area contributed by atoms with Crippen LogP contribution < -0.4 is 10.5 Å². The number of esters is 1. The molecule has 0 fully saturated rings. The topological polar surface area (TPSA) is 83.7 Å². The second-order valence-corrected chi connectivity index (χ2v) is 5.34. The zero-order valence-corrected chi connectivity index (χ0v) is 14.3. The van der Waals surface area contributed by atoms with Gasteiger partial charge in [-0.05, 0) is 6.42 Å². The average molecular weight is 372 g/mol. The van der Waals surface area contributed by atoms with Gasteiger partial charge in [0.1, 0.15) is 16.7 Å². The first kappa shape index (κ1) is 19.1. The van der Waals surface area contributed by atoms with Crippen molar-refractivity contribution < 1.29 is 19.0 Å². The highest BCUT2D eigenvalue weighted by Crippen LogP contribution is 2.37. The molecule has 0 spiro atoms. The minimum Gasteiger partial charge on any atom is -0.465 e. The first-order valence-corrected chi connectivity index (χ1v) is 7.76. The Labute approximate surface area is 143 Å². The lowest BCUT2D eigenvalue weighted by atomic mass is 10.4. The standard InChI is InChI=1S/C13H17Cl3N2O4/c1-2-3-4-20-5-6-21-8(19)7-22-13-10(15)11(17)9(14)12(16)18-13/h2-7H2,1H3,(H2,17,18). The van der Waals surface area contributed by atoms with E-state index in [1.54, 1.807) is 0 Å². The number of pyridine rings is 1. The maximum atomic E-state index is 11.5. The van der Waals surface area contributed by atoms with Gasteiger partial charge in [0.15, 0.2) is 11.8 Å². The molecule has 1 rings (SSSR count). The number of hydrogen-bond donors (Lipinski definition) is 1. The van der Waals surface area contributed by atoms with Gasteiger partial charge < -0.3 is 19.9 Å². The van der Waals surface area contributed by atoms with E-state index < -0.39 is 5.97 Å². The minimum absolute atomic E-state index is 0.00917. The van der Waals surface area contributed by atoms with E-state index in [-0.39, 0.29) is 40.0 Å². The van der Waals surface area contributed by atoms with Crippen LogP contribution in [0.15, 0.2) is 0 Å². The van der Waals surface area contributed by atoms with Crippen LogP contribution in [0.1, 0.15) is 19.8 Å². The van der Waals surface area contributed by atoms with Gasteiger partial charge in [0.2, 0.25) is 5.88 Å². The highest BCUT2D eigenvalue weighted by molar-refractivity contribution is 6.45. The van der Waals surface area contributed by atoms with Crippen molar-refractivity contribution in [2.24, 2.45) is 0 Å². The normalized spacial score (nSPS) is 10.5. The van der Waals surface area contributed by atoms with E-state index in [1.165, 1.54) is 0 Å². The summed E-state index contributed by atoms with van der Waals surface area (Å²) in [4.78, 5) is 15.3. The number of anilines is 1. The lowest BCUT2D eigenvalue weighted by Gasteiger charge is -2.10. The van der Waals surface area contributed by atoms with Crippen LogP contribution in [0.5, 0.6) is 5.88 Å². The predicted molar refractivity (Wildman–Crippen MR) is 85.9 cm³/mol. The molecule has 1 heterocycles. The molecule has 22 heavy (non-hydrogen) atoms. The molecule has 0 unspecified atom stereocenters. The number of aromatic nitrogens is 1. The summed E-state index contributed by atoms with van der Waals surface area (Å²) in [6, 6.07) is 0. The Hall–Kier alpha value is -0.950. The van der Waals surface area contributed by atoms with E-state index in [0.29, 0.717) is 13.2 Å². The molecular weight excluding hydrogens is 355 g/mol. The Morgan fingerprint density at radius 3 is 2.59 bits per heavy atom. The van der Waals surface area contributed by atoms with Gasteiger partial charge in [-0.2, -0.15) is 4.98 Å². The number of nitrogen functional groups attached to an aromatic ring is 1. The highest BCUT2D eigenvalue weighted by Gasteiger charge is 2.16. The molecule has 0 atom stereocenters. The number of carbonyl (C=O) groups is 1. The Balaban J connectivity index is 2.36. The lowest BCUT2D eigenvalue weighted by molar-refractivity contribution is -0.147. The summed E-state index contributed by atoms with van der Waals surface area (Å²) in [5, 5.41) is -0.0350. The first-order chi connectivity index (χ1) is 10.5. The second kappa shape index (κ2) is 9.94. The molecule has 0 aliphatic heterocycles. The number of ether oxygens (including phenoxy) is 3. The number of nitrogens with zero attached hydrogens (tertiary/aromatic N) is 1. The van der Waals surface area contributed by atoms with Crippen molar-refractivity contribution in [2.45, 2.75) is 19.8 Å². The Bertz CT molecular complexity index is 515. The van der Waals surface area contributed by atoms with Gasteiger partial charge in [-0.15, -0.1) is 0 Å². The smallest absolute Gasteiger partial charge is 0.344 e. The maximum absolute atomic E-state index is 11.5. The van der Waals surface area contributed by atoms with Crippen molar-refractivity contribution in [3.63, 3.8) is 0 Å². The third-order valence-electron chi connectivity index (χ3n) is 2.50. The number of halogens is 3. The van der Waals surface area contributed by atoms with Crippen molar-refractivity contribution >= 4 is 46.5 Å². The summed E-state index contributed by atoms with van der Waals surface area (Å²) in [5.74, 6) is -0.661. The average Bonchev–Trinajstić information content (AvgIpc) is 2.51. The van der Waals surface area contributed by atoms with Crippen LogP contribution >= 0.6 is 34.8 Å². The molecule has 0 aromatic carbocycles. The molecule has 6 nitrogen and oxygen atoms in total. The molecule has 0 saturated carbocycles. The summed E-state index contributed by atoms with van der Waals surface area (Å²) >= 11 is 17.4. The molecule has 0 aliphatic rings. The lowest BCUT2D eigenvalue weighted by Crippen LogP contribution is -2.18. The monoisotopic (exact) mass is 370 g/mol. The van der Waals surface area contributed by atoms with E-state index in [1.807, 2.05) is 0 Å². The van der Waals surface area contributed by atoms with Crippen molar-refractivity contribution in [3.05, 3.63) is 15.2 Å². The molecule has 124 valence electrons. The molecule has 1 aromatic heterocycles. The van der Waals surface area contributed by atoms with E-state index in [2.05, 4.69) is 11.9 Å². The fourth-order valence-corrected chi connectivity index (χ4v) is 1.89. The first-order valence-electron chi connectivity index (χ1n) is 6.63. The van der Waals surface area contributed by atoms with Crippen LogP contribution in [0.25, 0.3) is 0 Å². The van der Waals surface area contributed by atoms with E-state index in [9.17, 15) is 4.79 Å². The fraction of sp³-hybridized carbons (Fsp3) is 0.538. The van der Waals surface area contributed by atoms with Crippen molar-refractivity contribution in [1.82, 2.24) is 4.98 Å². The second-order valence-electron chi connectivity index (χ2n) is 4.22. The molecule has 0 saturated heterocycles. The van der Waals surface area contributed by atoms with E-state index in [4.69, 9.17) is 54.7 Å². The van der Waals surface area contributed by atoms with Crippen molar-refractivity contribution in [3.8, 4) is 5.88 Å². The predicted octanol–water partition coefficient (Wildman–Crippen LogP) is 3.36. The largest absolute Gasteiger partial charge is 0.465 e. The van der Waals surface area contributed by atoms with Gasteiger partial charge in [0, 0.05) is 6.61 Å². The van der Waals surface area contributed by atoms with Gasteiger partial charge >= 0.3 is 5.97 Å². The van der Waals surface area contributed by atoms with Crippen LogP contribution in [0.4, 0.5) is 5.69 Å². The molecule has 2 N–H and O–H groups in total. The quantitative estimate of drug-likeness (QED) is 0.407. The Morgan fingerprint density at radius 1 is 1.18 bits per heavy atom. The molecule has 0 radical (unpaired) electrons. The highest BCUT2D eigenvalue weighted by atomic mass is 35.5. The number of nitrogens with two attached hydrogens (primary N) is 1. The van der Waals surface area contributed by atoms with E-state index in [0.717, 1.165) is 12.8 Å². The SMILES string of the molecule is CCCCOCCOC(=O)COc1nc(Cl)c(Cl)c(N)c1Cl. The zero-order chi connectivity index (χ0) is 16.5. The molecule has 0 amide bonds. The fourth-order valence-electron chi connectivity index (χ4n) is 1.34. The van der Waals surface area contributed by atoms with Crippen molar-refractivity contribution in [2.75, 3.05) is 32.2 Å². The number of unbranched alkanes of at least 4 members (excludes halogenated alkanes) is 1. The van der Waals surface area contributed by atoms with Crippen molar-refractivity contribution in [1.29, 1.82) is 0 Å². The van der Waals surface area contributed by atoms with Crippen LogP contribution in [-0.4, -0.2) is 37.4 Å². The molecule has 1 aromatic rings. The van der Waals surface area contributed by atoms with Gasteiger partial charge in [0.25, 0.3) is 0 Å². The van der Waals surface area contributed by atoms with Crippen LogP contribution in [0.3, 0.4) is 0 Å². The summed E-state index contributed by atoms with van der Waals surface area (Å²) < 4.78 is 15.3. The number of hydrogen-bond acceptors (Lipinski definition) is 6. The molecule has 0 aliphatic carbocycles. The zero-order valence-electron chi connectivity index (χ0n) is 12.0. The van der Waals surface area contributed by atoms with Crippen LogP contribution in [0.2, 0.25) is 15.2 Å². The third kappa shape index (κ3) is 6.04. The Kier molecular flexibility index (Phi) is 8.63. The summed E-state index contributed by atoms with van der Waals surface area (Å²) in [6.45, 7) is 2.82. The summed E-state index contributed by atoms with van der Waals surface area (Å²) in [5.41, 5.74) is 5.66. The number of rotatable bonds is 9. The van der Waals surface area contributed by atoms with Gasteiger partial charge in [-0.25, -0.2) is 4.79 Å². The Morgan fingerprint density at radius 2 is 1.91 bits per heavy atom. The molecule has 9 heteroatoms. The van der Waals surface area contributed by atoms with Crippen LogP contribution in [0, 0.1) is 0 Å². The molecular formula is C13H17Cl3N2O4. The number of carbonyl (C=O) groups excluding carboxylic acids is 1. The maximum Gasteiger partial charge on any atom is 0.344 e. The van der Waals surface area contributed by atoms with Crippen LogP contribution in [-0.2, 0) is 14.3 Å². The van der Waals surface area contributed by atoms with Gasteiger partial charge in [-0.3, -0.25) is 0 Å². The van der Waals surface area contributed by atoms with Gasteiger partial charge in [0.05, 0.1) is 12.3 Å². The van der Waals surface area contributed by atoms with Gasteiger partial charge in [-0.1, -0.05) is 48.1 Å². The molecule has 0 bridgehead atoms. The van der Waals surface area contributed by atoms with E-state index >= 15 is 0 Å². The summed E-state index contributed by atoms with van der Waals surface area (Å²) in [7, 11) is 0.